The largest absolute Gasteiger partial charge is 0.398 e. The molecule has 1 saturated carbocycles. The molecular weight excluding hydrogens is 284 g/mol. The molecule has 0 spiro atoms. The number of hydrogen-bond donors (Lipinski definition) is 2. The molecule has 0 heterocycles. The Balaban J connectivity index is 2.23. The van der Waals surface area contributed by atoms with Crippen LogP contribution in [0.5, 0.6) is 0 Å². The Bertz CT molecular complexity index is 611. The van der Waals surface area contributed by atoms with Gasteiger partial charge in [0.1, 0.15) is 0 Å². The Morgan fingerprint density at radius 1 is 1.29 bits per heavy atom. The molecule has 0 saturated heterocycles. The predicted octanol–water partition coefficient (Wildman–Crippen LogP) is 3.13. The zero-order chi connectivity index (χ0) is 15.6. The minimum Gasteiger partial charge on any atom is -0.398 e. The van der Waals surface area contributed by atoms with Crippen molar-refractivity contribution in [2.24, 2.45) is 5.92 Å². The average Bonchev–Trinajstić information content (AvgIpc) is 2.42. The molecule has 4 nitrogen and oxygen atoms in total. The van der Waals surface area contributed by atoms with Gasteiger partial charge in [0.15, 0.2) is 0 Å². The second-order valence-corrected chi connectivity index (χ2v) is 7.92. The first-order valence-electron chi connectivity index (χ1n) is 7.72. The highest BCUT2D eigenvalue weighted by molar-refractivity contribution is 7.89. The van der Waals surface area contributed by atoms with E-state index in [9.17, 15) is 8.42 Å². The van der Waals surface area contributed by atoms with Crippen molar-refractivity contribution in [3.63, 3.8) is 0 Å². The van der Waals surface area contributed by atoms with Crippen LogP contribution in [-0.4, -0.2) is 14.5 Å². The maximum Gasteiger partial charge on any atom is 0.241 e. The summed E-state index contributed by atoms with van der Waals surface area (Å²) >= 11 is 0. The normalized spacial score (nSPS) is 23.2. The monoisotopic (exact) mass is 310 g/mol. The van der Waals surface area contributed by atoms with Crippen molar-refractivity contribution in [2.75, 3.05) is 5.73 Å². The molecule has 0 aliphatic heterocycles. The SMILES string of the molecule is CCC1CCCC(NS(=O)(=O)c2cc(C)cc(N)c2C)C1. The lowest BCUT2D eigenvalue weighted by molar-refractivity contribution is 0.301. The van der Waals surface area contributed by atoms with E-state index in [1.807, 2.05) is 13.0 Å². The first kappa shape index (κ1) is 16.3. The molecule has 1 aromatic rings. The van der Waals surface area contributed by atoms with Gasteiger partial charge in [-0.15, -0.1) is 0 Å². The van der Waals surface area contributed by atoms with Gasteiger partial charge >= 0.3 is 0 Å². The van der Waals surface area contributed by atoms with Crippen molar-refractivity contribution in [3.8, 4) is 0 Å². The average molecular weight is 310 g/mol. The molecule has 1 fully saturated rings. The minimum atomic E-state index is -3.50. The summed E-state index contributed by atoms with van der Waals surface area (Å²) < 4.78 is 28.2. The molecule has 3 N–H and O–H groups in total. The van der Waals surface area contributed by atoms with E-state index in [0.29, 0.717) is 22.1 Å². The lowest BCUT2D eigenvalue weighted by Crippen LogP contribution is -2.38. The van der Waals surface area contributed by atoms with E-state index in [-0.39, 0.29) is 6.04 Å². The molecule has 0 bridgehead atoms. The topological polar surface area (TPSA) is 72.2 Å². The van der Waals surface area contributed by atoms with Crippen LogP contribution in [0.3, 0.4) is 0 Å². The van der Waals surface area contributed by atoms with Crippen LogP contribution in [0.1, 0.15) is 50.2 Å². The molecule has 1 aliphatic rings. The number of benzene rings is 1. The molecule has 21 heavy (non-hydrogen) atoms. The highest BCUT2D eigenvalue weighted by atomic mass is 32.2. The number of nitrogen functional groups attached to an aromatic ring is 1. The van der Waals surface area contributed by atoms with Gasteiger partial charge in [-0.3, -0.25) is 0 Å². The highest BCUT2D eigenvalue weighted by Crippen LogP contribution is 2.29. The van der Waals surface area contributed by atoms with Crippen molar-refractivity contribution in [3.05, 3.63) is 23.3 Å². The van der Waals surface area contributed by atoms with Crippen LogP contribution in [0.15, 0.2) is 17.0 Å². The first-order valence-corrected chi connectivity index (χ1v) is 9.21. The summed E-state index contributed by atoms with van der Waals surface area (Å²) in [5.74, 6) is 0.634. The first-order chi connectivity index (χ1) is 9.83. The Hall–Kier alpha value is -1.07. The highest BCUT2D eigenvalue weighted by Gasteiger charge is 2.27. The Kier molecular flexibility index (Phi) is 4.94. The Morgan fingerprint density at radius 3 is 2.67 bits per heavy atom. The second-order valence-electron chi connectivity index (χ2n) is 6.24. The van der Waals surface area contributed by atoms with Crippen molar-refractivity contribution in [1.29, 1.82) is 0 Å². The minimum absolute atomic E-state index is 0.0508. The molecule has 2 unspecified atom stereocenters. The van der Waals surface area contributed by atoms with E-state index in [1.165, 1.54) is 6.42 Å². The molecule has 1 aromatic carbocycles. The quantitative estimate of drug-likeness (QED) is 0.839. The number of sulfonamides is 1. The zero-order valence-corrected chi connectivity index (χ0v) is 14.0. The molecule has 0 radical (unpaired) electrons. The van der Waals surface area contributed by atoms with Gasteiger partial charge in [-0.2, -0.15) is 0 Å². The lowest BCUT2D eigenvalue weighted by atomic mass is 9.85. The van der Waals surface area contributed by atoms with Crippen LogP contribution >= 0.6 is 0 Å². The number of anilines is 1. The van der Waals surface area contributed by atoms with Crippen LogP contribution in [0.2, 0.25) is 0 Å². The Labute approximate surface area is 128 Å². The molecule has 0 amide bonds. The maximum atomic E-state index is 12.7. The van der Waals surface area contributed by atoms with Crippen LogP contribution in [0, 0.1) is 19.8 Å². The lowest BCUT2D eigenvalue weighted by Gasteiger charge is -2.29. The van der Waals surface area contributed by atoms with Gasteiger partial charge in [-0.1, -0.05) is 26.2 Å². The smallest absolute Gasteiger partial charge is 0.241 e. The van der Waals surface area contributed by atoms with Gasteiger partial charge < -0.3 is 5.73 Å². The van der Waals surface area contributed by atoms with Gasteiger partial charge in [0.2, 0.25) is 10.0 Å². The van der Waals surface area contributed by atoms with E-state index < -0.39 is 10.0 Å². The maximum absolute atomic E-state index is 12.7. The van der Waals surface area contributed by atoms with Crippen molar-refractivity contribution < 1.29 is 8.42 Å². The fraction of sp³-hybridized carbons (Fsp3) is 0.625. The zero-order valence-electron chi connectivity index (χ0n) is 13.1. The molecule has 2 rings (SSSR count). The molecule has 5 heteroatoms. The van der Waals surface area contributed by atoms with E-state index in [4.69, 9.17) is 5.73 Å². The summed E-state index contributed by atoms with van der Waals surface area (Å²) in [6.07, 6.45) is 5.30. The predicted molar refractivity (Wildman–Crippen MR) is 86.7 cm³/mol. The number of aryl methyl sites for hydroxylation is 1. The van der Waals surface area contributed by atoms with E-state index >= 15 is 0 Å². The molecule has 0 aromatic heterocycles. The van der Waals surface area contributed by atoms with Gasteiger partial charge in [0.05, 0.1) is 4.90 Å². The number of nitrogens with two attached hydrogens (primary N) is 1. The fourth-order valence-electron chi connectivity index (χ4n) is 3.18. The van der Waals surface area contributed by atoms with Crippen molar-refractivity contribution in [1.82, 2.24) is 4.72 Å². The van der Waals surface area contributed by atoms with Gasteiger partial charge in [0.25, 0.3) is 0 Å². The van der Waals surface area contributed by atoms with Crippen LogP contribution in [-0.2, 0) is 10.0 Å². The molecule has 118 valence electrons. The summed E-state index contributed by atoms with van der Waals surface area (Å²) in [6, 6.07) is 3.56. The summed E-state index contributed by atoms with van der Waals surface area (Å²) in [5.41, 5.74) is 7.94. The van der Waals surface area contributed by atoms with E-state index in [1.54, 1.807) is 13.0 Å². The molecule has 1 aliphatic carbocycles. The van der Waals surface area contributed by atoms with E-state index in [2.05, 4.69) is 11.6 Å². The summed E-state index contributed by atoms with van der Waals surface area (Å²) in [4.78, 5) is 0.318. The van der Waals surface area contributed by atoms with Gasteiger partial charge in [0, 0.05) is 11.7 Å². The molecular formula is C16H26N2O2S. The molecule has 2 atom stereocenters. The Morgan fingerprint density at radius 2 is 2.00 bits per heavy atom. The standard InChI is InChI=1S/C16H26N2O2S/c1-4-13-6-5-7-14(10-13)18-21(19,20)16-9-11(2)8-15(17)12(16)3/h8-9,13-14,18H,4-7,10,17H2,1-3H3. The van der Waals surface area contributed by atoms with Crippen molar-refractivity contribution >= 4 is 15.7 Å². The van der Waals surface area contributed by atoms with Gasteiger partial charge in [-0.05, 0) is 55.9 Å². The fourth-order valence-corrected chi connectivity index (χ4v) is 4.83. The van der Waals surface area contributed by atoms with Gasteiger partial charge in [-0.25, -0.2) is 13.1 Å². The summed E-state index contributed by atoms with van der Waals surface area (Å²) in [7, 11) is -3.50. The summed E-state index contributed by atoms with van der Waals surface area (Å²) in [5, 5.41) is 0. The van der Waals surface area contributed by atoms with E-state index in [0.717, 1.165) is 31.2 Å². The third kappa shape index (κ3) is 3.77. The number of rotatable bonds is 4. The third-order valence-electron chi connectivity index (χ3n) is 4.52. The number of nitrogens with one attached hydrogen (secondary N) is 1. The second kappa shape index (κ2) is 6.36. The van der Waals surface area contributed by atoms with Crippen LogP contribution in [0.4, 0.5) is 5.69 Å². The van der Waals surface area contributed by atoms with Crippen LogP contribution in [0.25, 0.3) is 0 Å². The number of hydrogen-bond acceptors (Lipinski definition) is 3. The van der Waals surface area contributed by atoms with Crippen LogP contribution < -0.4 is 10.5 Å². The van der Waals surface area contributed by atoms with Crippen molar-refractivity contribution in [2.45, 2.75) is 63.8 Å². The summed E-state index contributed by atoms with van der Waals surface area (Å²) in [6.45, 7) is 5.80. The third-order valence-corrected chi connectivity index (χ3v) is 6.16.